The van der Waals surface area contributed by atoms with E-state index in [0.29, 0.717) is 12.4 Å². The summed E-state index contributed by atoms with van der Waals surface area (Å²) in [6.07, 6.45) is 2.39. The molecule has 4 N–H and O–H groups in total. The van der Waals surface area contributed by atoms with E-state index in [1.54, 1.807) is 6.26 Å². The maximum absolute atomic E-state index is 6.02. The highest BCUT2D eigenvalue weighted by molar-refractivity contribution is 6.28. The molecule has 0 bridgehead atoms. The first-order chi connectivity index (χ1) is 10.5. The van der Waals surface area contributed by atoms with Gasteiger partial charge in [0.25, 0.3) is 0 Å². The zero-order valence-corrected chi connectivity index (χ0v) is 13.2. The monoisotopic (exact) mass is 319 g/mol. The van der Waals surface area contributed by atoms with Gasteiger partial charge in [0.15, 0.2) is 0 Å². The molecule has 1 atom stereocenters. The van der Waals surface area contributed by atoms with E-state index in [0.717, 1.165) is 34.5 Å². The number of hydrogen-bond donors (Lipinski definition) is 3. The van der Waals surface area contributed by atoms with E-state index in [2.05, 4.69) is 20.3 Å². The molecule has 0 radical (unpaired) electrons. The van der Waals surface area contributed by atoms with Gasteiger partial charge in [0, 0.05) is 18.2 Å². The highest BCUT2D eigenvalue weighted by atomic mass is 35.5. The lowest BCUT2D eigenvalue weighted by Gasteiger charge is -2.07. The van der Waals surface area contributed by atoms with Gasteiger partial charge >= 0.3 is 0 Å². The highest BCUT2D eigenvalue weighted by Crippen LogP contribution is 2.28. The van der Waals surface area contributed by atoms with E-state index in [-0.39, 0.29) is 11.3 Å². The molecule has 0 unspecified atom stereocenters. The van der Waals surface area contributed by atoms with Gasteiger partial charge < -0.3 is 20.5 Å². The van der Waals surface area contributed by atoms with Gasteiger partial charge in [0.2, 0.25) is 5.28 Å². The molecule has 0 saturated carbocycles. The fraction of sp³-hybridized carbons (Fsp3) is 0.333. The lowest BCUT2D eigenvalue weighted by Crippen LogP contribution is -2.18. The van der Waals surface area contributed by atoms with E-state index in [9.17, 15) is 0 Å². The predicted molar refractivity (Wildman–Crippen MR) is 87.0 cm³/mol. The summed E-state index contributed by atoms with van der Waals surface area (Å²) < 4.78 is 5.32. The standard InChI is InChI=1S/C15H18ClN5O/c1-8(17)6-11-9(2)12-13(18-7-10-4-3-5-22-10)20-15(16)21-14(12)19-11/h3-5,8H,6-7,17H2,1-2H3,(H2,18,19,20,21)/t8-/m0/s1. The van der Waals surface area contributed by atoms with E-state index >= 15 is 0 Å². The number of nitrogens with zero attached hydrogens (tertiary/aromatic N) is 2. The molecule has 116 valence electrons. The Kier molecular flexibility index (Phi) is 4.04. The summed E-state index contributed by atoms with van der Waals surface area (Å²) in [7, 11) is 0. The largest absolute Gasteiger partial charge is 0.467 e. The van der Waals surface area contributed by atoms with Crippen LogP contribution < -0.4 is 11.1 Å². The fourth-order valence-electron chi connectivity index (χ4n) is 2.50. The lowest BCUT2D eigenvalue weighted by molar-refractivity contribution is 0.518. The molecule has 0 spiro atoms. The molecule has 0 aromatic carbocycles. The van der Waals surface area contributed by atoms with Crippen LogP contribution in [-0.2, 0) is 13.0 Å². The molecule has 0 aliphatic heterocycles. The van der Waals surface area contributed by atoms with Gasteiger partial charge in [-0.3, -0.25) is 0 Å². The van der Waals surface area contributed by atoms with Gasteiger partial charge in [-0.2, -0.15) is 4.98 Å². The molecule has 3 rings (SSSR count). The number of hydrogen-bond acceptors (Lipinski definition) is 5. The summed E-state index contributed by atoms with van der Waals surface area (Å²) in [6.45, 7) is 4.54. The zero-order chi connectivity index (χ0) is 15.7. The molecule has 3 aromatic rings. The van der Waals surface area contributed by atoms with Crippen LogP contribution in [0.4, 0.5) is 5.82 Å². The van der Waals surface area contributed by atoms with Crippen molar-refractivity contribution in [2.24, 2.45) is 5.73 Å². The maximum atomic E-state index is 6.02. The number of H-pyrrole nitrogens is 1. The molecule has 22 heavy (non-hydrogen) atoms. The van der Waals surface area contributed by atoms with Crippen molar-refractivity contribution in [3.63, 3.8) is 0 Å². The van der Waals surface area contributed by atoms with Gasteiger partial charge in [0.05, 0.1) is 18.2 Å². The quantitative estimate of drug-likeness (QED) is 0.629. The number of anilines is 1. The van der Waals surface area contributed by atoms with Crippen molar-refractivity contribution in [3.8, 4) is 0 Å². The summed E-state index contributed by atoms with van der Waals surface area (Å²) in [4.78, 5) is 11.9. The summed E-state index contributed by atoms with van der Waals surface area (Å²) >= 11 is 6.02. The summed E-state index contributed by atoms with van der Waals surface area (Å²) in [5.74, 6) is 1.52. The molecule has 0 saturated heterocycles. The van der Waals surface area contributed by atoms with Gasteiger partial charge in [-0.15, -0.1) is 0 Å². The van der Waals surface area contributed by atoms with E-state index in [1.165, 1.54) is 0 Å². The minimum atomic E-state index is 0.0646. The Morgan fingerprint density at radius 3 is 2.95 bits per heavy atom. The minimum Gasteiger partial charge on any atom is -0.467 e. The van der Waals surface area contributed by atoms with Crippen LogP contribution in [0.15, 0.2) is 22.8 Å². The van der Waals surface area contributed by atoms with Gasteiger partial charge in [-0.1, -0.05) is 0 Å². The molecule has 0 aliphatic carbocycles. The number of aromatic amines is 1. The van der Waals surface area contributed by atoms with Gasteiger partial charge in [0.1, 0.15) is 17.2 Å². The van der Waals surface area contributed by atoms with Crippen LogP contribution in [0.2, 0.25) is 5.28 Å². The Morgan fingerprint density at radius 2 is 2.27 bits per heavy atom. The van der Waals surface area contributed by atoms with Gasteiger partial charge in [-0.05, 0) is 43.1 Å². The smallest absolute Gasteiger partial charge is 0.226 e. The lowest BCUT2D eigenvalue weighted by atomic mass is 10.1. The van der Waals surface area contributed by atoms with Crippen molar-refractivity contribution in [1.29, 1.82) is 0 Å². The number of nitrogens with two attached hydrogens (primary N) is 1. The number of furan rings is 1. The van der Waals surface area contributed by atoms with E-state index in [1.807, 2.05) is 26.0 Å². The van der Waals surface area contributed by atoms with Crippen molar-refractivity contribution in [2.45, 2.75) is 32.9 Å². The van der Waals surface area contributed by atoms with Crippen LogP contribution in [0, 0.1) is 6.92 Å². The average molecular weight is 320 g/mol. The number of aryl methyl sites for hydroxylation is 1. The summed E-state index contributed by atoms with van der Waals surface area (Å²) in [5.41, 5.74) is 8.76. The van der Waals surface area contributed by atoms with Gasteiger partial charge in [-0.25, -0.2) is 4.98 Å². The molecule has 3 aromatic heterocycles. The Labute approximate surface area is 133 Å². The molecule has 0 fully saturated rings. The predicted octanol–water partition coefficient (Wildman–Crippen LogP) is 3.01. The first kappa shape index (κ1) is 14.9. The Bertz CT molecular complexity index is 779. The number of rotatable bonds is 5. The molecule has 6 nitrogen and oxygen atoms in total. The summed E-state index contributed by atoms with van der Waals surface area (Å²) in [6, 6.07) is 3.81. The second-order valence-electron chi connectivity index (χ2n) is 5.41. The second kappa shape index (κ2) is 5.98. The maximum Gasteiger partial charge on any atom is 0.226 e. The SMILES string of the molecule is Cc1c(C[C@H](C)N)[nH]c2nc(Cl)nc(NCc3ccco3)c12. The third-order valence-corrected chi connectivity index (χ3v) is 3.68. The third-order valence-electron chi connectivity index (χ3n) is 3.51. The average Bonchev–Trinajstić information content (AvgIpc) is 3.05. The molecular formula is C15H18ClN5O. The van der Waals surface area contributed by atoms with Crippen molar-refractivity contribution in [3.05, 3.63) is 40.7 Å². The summed E-state index contributed by atoms with van der Waals surface area (Å²) in [5, 5.41) is 4.39. The number of halogens is 1. The number of aromatic nitrogens is 3. The van der Waals surface area contributed by atoms with Crippen molar-refractivity contribution < 1.29 is 4.42 Å². The van der Waals surface area contributed by atoms with Crippen molar-refractivity contribution in [1.82, 2.24) is 15.0 Å². The third kappa shape index (κ3) is 2.93. The van der Waals surface area contributed by atoms with E-state index in [4.69, 9.17) is 21.8 Å². The molecule has 3 heterocycles. The molecule has 0 amide bonds. The Balaban J connectivity index is 1.99. The highest BCUT2D eigenvalue weighted by Gasteiger charge is 2.16. The second-order valence-corrected chi connectivity index (χ2v) is 5.75. The number of fused-ring (bicyclic) bond motifs is 1. The van der Waals surface area contributed by atoms with Crippen LogP contribution in [0.3, 0.4) is 0 Å². The zero-order valence-electron chi connectivity index (χ0n) is 12.5. The first-order valence-corrected chi connectivity index (χ1v) is 7.49. The topological polar surface area (TPSA) is 92.8 Å². The Hall–Kier alpha value is -2.05. The van der Waals surface area contributed by atoms with Crippen LogP contribution in [0.5, 0.6) is 0 Å². The van der Waals surface area contributed by atoms with Crippen LogP contribution in [0.25, 0.3) is 11.0 Å². The van der Waals surface area contributed by atoms with Crippen LogP contribution >= 0.6 is 11.6 Å². The molecular weight excluding hydrogens is 302 g/mol. The van der Waals surface area contributed by atoms with Crippen molar-refractivity contribution in [2.75, 3.05) is 5.32 Å². The van der Waals surface area contributed by atoms with Crippen LogP contribution in [0.1, 0.15) is 23.9 Å². The Morgan fingerprint density at radius 1 is 1.45 bits per heavy atom. The fourth-order valence-corrected chi connectivity index (χ4v) is 2.67. The minimum absolute atomic E-state index is 0.0646. The van der Waals surface area contributed by atoms with E-state index < -0.39 is 0 Å². The molecule has 0 aliphatic rings. The number of nitrogens with one attached hydrogen (secondary N) is 2. The van der Waals surface area contributed by atoms with Crippen LogP contribution in [-0.4, -0.2) is 21.0 Å². The first-order valence-electron chi connectivity index (χ1n) is 7.11. The normalized spacial score (nSPS) is 12.7. The van der Waals surface area contributed by atoms with Crippen molar-refractivity contribution >= 4 is 28.5 Å². The molecule has 7 heteroatoms.